The molecule has 2 heterocycles. The summed E-state index contributed by atoms with van der Waals surface area (Å²) in [6.45, 7) is 5.20. The third-order valence-electron chi connectivity index (χ3n) is 5.48. The number of carbonyl (C=O) groups is 1. The molecule has 7 nitrogen and oxygen atoms in total. The predicted molar refractivity (Wildman–Crippen MR) is 130 cm³/mol. The van der Waals surface area contributed by atoms with Crippen LogP contribution in [0.25, 0.3) is 0 Å². The lowest BCUT2D eigenvalue weighted by molar-refractivity contribution is -0.113. The van der Waals surface area contributed by atoms with Gasteiger partial charge in [-0.15, -0.1) is 10.2 Å². The number of carbonyl (C=O) groups excluding carboxylic acids is 1. The van der Waals surface area contributed by atoms with Crippen LogP contribution in [0.2, 0.25) is 0 Å². The fourth-order valence-corrected chi connectivity index (χ4v) is 4.29. The van der Waals surface area contributed by atoms with E-state index >= 15 is 0 Å². The Morgan fingerprint density at radius 2 is 1.82 bits per heavy atom. The maximum absolute atomic E-state index is 13.4. The van der Waals surface area contributed by atoms with E-state index in [2.05, 4.69) is 31.4 Å². The normalized spacial score (nSPS) is 13.7. The second-order valence-electron chi connectivity index (χ2n) is 7.67. The lowest BCUT2D eigenvalue weighted by Crippen LogP contribution is -2.47. The molecular formula is C24H26FN5O2S. The molecular weight excluding hydrogens is 441 g/mol. The molecule has 1 N–H and O–H groups in total. The number of piperazine rings is 1. The zero-order chi connectivity index (χ0) is 23.2. The Morgan fingerprint density at radius 1 is 1.06 bits per heavy atom. The molecule has 0 bridgehead atoms. The molecule has 0 radical (unpaired) electrons. The first-order chi connectivity index (χ1) is 16.0. The van der Waals surface area contributed by atoms with E-state index in [0.717, 1.165) is 49.0 Å². The molecule has 33 heavy (non-hydrogen) atoms. The number of hydrogen-bond acceptors (Lipinski definition) is 7. The smallest absolute Gasteiger partial charge is 0.234 e. The van der Waals surface area contributed by atoms with Gasteiger partial charge in [-0.3, -0.25) is 4.79 Å². The van der Waals surface area contributed by atoms with Crippen molar-refractivity contribution in [2.45, 2.75) is 11.9 Å². The van der Waals surface area contributed by atoms with Crippen LogP contribution in [0.1, 0.15) is 5.56 Å². The van der Waals surface area contributed by atoms with E-state index in [-0.39, 0.29) is 17.5 Å². The van der Waals surface area contributed by atoms with Crippen LogP contribution in [0.3, 0.4) is 0 Å². The number of thioether (sulfide) groups is 1. The minimum Gasteiger partial charge on any atom is -0.495 e. The Bertz CT molecular complexity index is 1100. The lowest BCUT2D eigenvalue weighted by atomic mass is 10.2. The number of aryl methyl sites for hydroxylation is 1. The van der Waals surface area contributed by atoms with Gasteiger partial charge in [-0.05, 0) is 48.9 Å². The standard InChI is InChI=1S/C24H26FN5O2S/c1-17-7-8-18(25)15-19(17)26-23(31)16-33-24-10-9-22(27-28-24)30-13-11-29(12-14-30)20-5-3-4-6-21(20)32-2/h3-10,15H,11-14,16H2,1-2H3,(H,26,31). The summed E-state index contributed by atoms with van der Waals surface area (Å²) in [7, 11) is 1.69. The van der Waals surface area contributed by atoms with Crippen LogP contribution in [0, 0.1) is 12.7 Å². The van der Waals surface area contributed by atoms with Crippen molar-refractivity contribution in [2.24, 2.45) is 0 Å². The molecule has 1 aromatic heterocycles. The highest BCUT2D eigenvalue weighted by atomic mass is 32.2. The Hall–Kier alpha value is -3.33. The minimum atomic E-state index is -0.381. The number of rotatable bonds is 7. The summed E-state index contributed by atoms with van der Waals surface area (Å²) in [5.74, 6) is 1.27. The van der Waals surface area contributed by atoms with Gasteiger partial charge >= 0.3 is 0 Å². The van der Waals surface area contributed by atoms with Crippen molar-refractivity contribution in [3.63, 3.8) is 0 Å². The van der Waals surface area contributed by atoms with Gasteiger partial charge in [0.05, 0.1) is 18.6 Å². The minimum absolute atomic E-state index is 0.168. The van der Waals surface area contributed by atoms with E-state index < -0.39 is 0 Å². The number of benzene rings is 2. The summed E-state index contributed by atoms with van der Waals surface area (Å²) in [4.78, 5) is 16.7. The highest BCUT2D eigenvalue weighted by Gasteiger charge is 2.20. The van der Waals surface area contributed by atoms with E-state index in [0.29, 0.717) is 10.7 Å². The number of aromatic nitrogens is 2. The monoisotopic (exact) mass is 467 g/mol. The SMILES string of the molecule is COc1ccccc1N1CCN(c2ccc(SCC(=O)Nc3cc(F)ccc3C)nn2)CC1. The largest absolute Gasteiger partial charge is 0.495 e. The van der Waals surface area contributed by atoms with E-state index in [1.165, 1.54) is 23.9 Å². The summed E-state index contributed by atoms with van der Waals surface area (Å²) >= 11 is 1.29. The first kappa shape index (κ1) is 22.8. The van der Waals surface area contributed by atoms with Crippen molar-refractivity contribution in [3.05, 3.63) is 66.0 Å². The summed E-state index contributed by atoms with van der Waals surface area (Å²) in [6.07, 6.45) is 0. The van der Waals surface area contributed by atoms with Gasteiger partial charge in [-0.2, -0.15) is 0 Å². The molecule has 0 saturated carbocycles. The maximum Gasteiger partial charge on any atom is 0.234 e. The number of para-hydroxylation sites is 2. The molecule has 0 unspecified atom stereocenters. The lowest BCUT2D eigenvalue weighted by Gasteiger charge is -2.37. The zero-order valence-corrected chi connectivity index (χ0v) is 19.4. The second-order valence-corrected chi connectivity index (χ2v) is 8.67. The van der Waals surface area contributed by atoms with Crippen LogP contribution in [-0.4, -0.2) is 55.1 Å². The highest BCUT2D eigenvalue weighted by molar-refractivity contribution is 7.99. The fourth-order valence-electron chi connectivity index (χ4n) is 3.68. The quantitative estimate of drug-likeness (QED) is 0.527. The molecule has 1 aliphatic rings. The van der Waals surface area contributed by atoms with E-state index in [4.69, 9.17) is 4.74 Å². The Labute approximate surface area is 197 Å². The van der Waals surface area contributed by atoms with Crippen LogP contribution in [0.15, 0.2) is 59.6 Å². The van der Waals surface area contributed by atoms with Crippen molar-refractivity contribution < 1.29 is 13.9 Å². The number of nitrogens with one attached hydrogen (secondary N) is 1. The average molecular weight is 468 g/mol. The van der Waals surface area contributed by atoms with Gasteiger partial charge in [-0.25, -0.2) is 4.39 Å². The summed E-state index contributed by atoms with van der Waals surface area (Å²) in [6, 6.07) is 16.2. The van der Waals surface area contributed by atoms with Crippen molar-refractivity contribution in [3.8, 4) is 5.75 Å². The number of halogens is 1. The Kier molecular flexibility index (Phi) is 7.29. The molecule has 0 atom stereocenters. The number of ether oxygens (including phenoxy) is 1. The molecule has 2 aromatic carbocycles. The molecule has 1 amide bonds. The van der Waals surface area contributed by atoms with E-state index in [1.54, 1.807) is 13.2 Å². The van der Waals surface area contributed by atoms with Crippen LogP contribution in [0.5, 0.6) is 5.75 Å². The fraction of sp³-hybridized carbons (Fsp3) is 0.292. The molecule has 172 valence electrons. The van der Waals surface area contributed by atoms with Crippen LogP contribution < -0.4 is 19.9 Å². The van der Waals surface area contributed by atoms with Gasteiger partial charge in [0.15, 0.2) is 5.82 Å². The van der Waals surface area contributed by atoms with Crippen LogP contribution in [-0.2, 0) is 4.79 Å². The molecule has 1 saturated heterocycles. The molecule has 0 aliphatic carbocycles. The number of methoxy groups -OCH3 is 1. The number of anilines is 3. The van der Waals surface area contributed by atoms with Crippen molar-refractivity contribution in [1.82, 2.24) is 10.2 Å². The van der Waals surface area contributed by atoms with Gasteiger partial charge < -0.3 is 19.9 Å². The molecule has 9 heteroatoms. The van der Waals surface area contributed by atoms with Gasteiger partial charge in [-0.1, -0.05) is 30.0 Å². The zero-order valence-electron chi connectivity index (χ0n) is 18.6. The average Bonchev–Trinajstić information content (AvgIpc) is 2.85. The Balaban J connectivity index is 1.28. The predicted octanol–water partition coefficient (Wildman–Crippen LogP) is 3.99. The third-order valence-corrected chi connectivity index (χ3v) is 6.40. The molecule has 1 fully saturated rings. The Morgan fingerprint density at radius 3 is 2.55 bits per heavy atom. The van der Waals surface area contributed by atoms with Gasteiger partial charge in [0, 0.05) is 31.9 Å². The van der Waals surface area contributed by atoms with E-state index in [9.17, 15) is 9.18 Å². The number of hydrogen-bond donors (Lipinski definition) is 1. The second kappa shape index (κ2) is 10.5. The summed E-state index contributed by atoms with van der Waals surface area (Å²) < 4.78 is 18.9. The topological polar surface area (TPSA) is 70.6 Å². The summed E-state index contributed by atoms with van der Waals surface area (Å²) in [5.41, 5.74) is 2.39. The van der Waals surface area contributed by atoms with Crippen molar-refractivity contribution in [2.75, 3.05) is 54.2 Å². The van der Waals surface area contributed by atoms with Crippen LogP contribution in [0.4, 0.5) is 21.6 Å². The first-order valence-electron chi connectivity index (χ1n) is 10.7. The molecule has 3 aromatic rings. The van der Waals surface area contributed by atoms with Crippen molar-refractivity contribution in [1.29, 1.82) is 0 Å². The van der Waals surface area contributed by atoms with E-state index in [1.807, 2.05) is 37.3 Å². The first-order valence-corrected chi connectivity index (χ1v) is 11.7. The molecule has 4 rings (SSSR count). The van der Waals surface area contributed by atoms with Crippen LogP contribution >= 0.6 is 11.8 Å². The highest BCUT2D eigenvalue weighted by Crippen LogP contribution is 2.29. The third kappa shape index (κ3) is 5.73. The summed E-state index contributed by atoms with van der Waals surface area (Å²) in [5, 5.41) is 12.0. The molecule has 1 aliphatic heterocycles. The van der Waals surface area contributed by atoms with Gasteiger partial charge in [0.25, 0.3) is 0 Å². The molecule has 0 spiro atoms. The van der Waals surface area contributed by atoms with Gasteiger partial charge in [0.2, 0.25) is 5.91 Å². The number of amides is 1. The maximum atomic E-state index is 13.4. The van der Waals surface area contributed by atoms with Gasteiger partial charge in [0.1, 0.15) is 16.6 Å². The number of nitrogens with zero attached hydrogens (tertiary/aromatic N) is 4. The van der Waals surface area contributed by atoms with Crippen molar-refractivity contribution >= 4 is 34.9 Å².